The first-order valence-electron chi connectivity index (χ1n) is 5.39. The van der Waals surface area contributed by atoms with Crippen LogP contribution in [-0.4, -0.2) is 32.9 Å². The molecule has 17 heavy (non-hydrogen) atoms. The number of nitrogens with zero attached hydrogens (tertiary/aromatic N) is 2. The van der Waals surface area contributed by atoms with Crippen LogP contribution in [0.1, 0.15) is 36.2 Å². The molecule has 1 aromatic heterocycles. The van der Waals surface area contributed by atoms with Crippen molar-refractivity contribution >= 4 is 11.8 Å². The predicted octanol–water partition coefficient (Wildman–Crippen LogP) is 0.632. The summed E-state index contributed by atoms with van der Waals surface area (Å²) >= 11 is 0. The lowest BCUT2D eigenvalue weighted by Crippen LogP contribution is -2.29. The number of hydrogen-bond donors (Lipinski definition) is 2. The van der Waals surface area contributed by atoms with E-state index in [0.717, 1.165) is 0 Å². The van der Waals surface area contributed by atoms with Gasteiger partial charge >= 0.3 is 5.97 Å². The SMILES string of the molecule is N[C@@H](CCCCC(=O)c1cnccn1)C(=O)O. The van der Waals surface area contributed by atoms with E-state index in [1.54, 1.807) is 0 Å². The van der Waals surface area contributed by atoms with Gasteiger partial charge in [0.1, 0.15) is 11.7 Å². The number of rotatable bonds is 7. The van der Waals surface area contributed by atoms with E-state index in [-0.39, 0.29) is 5.78 Å². The number of carbonyl (C=O) groups is 2. The van der Waals surface area contributed by atoms with Crippen LogP contribution in [0.4, 0.5) is 0 Å². The number of aromatic nitrogens is 2. The molecule has 0 aliphatic carbocycles. The summed E-state index contributed by atoms with van der Waals surface area (Å²) in [6.07, 6.45) is 6.32. The third kappa shape index (κ3) is 4.69. The lowest BCUT2D eigenvalue weighted by Gasteiger charge is -2.05. The summed E-state index contributed by atoms with van der Waals surface area (Å²) in [6, 6.07) is -0.846. The molecule has 0 bridgehead atoms. The van der Waals surface area contributed by atoms with Crippen LogP contribution >= 0.6 is 0 Å². The van der Waals surface area contributed by atoms with Gasteiger partial charge in [-0.15, -0.1) is 0 Å². The number of unbranched alkanes of at least 4 members (excludes halogenated alkanes) is 1. The average Bonchev–Trinajstić information content (AvgIpc) is 2.35. The van der Waals surface area contributed by atoms with Gasteiger partial charge in [0.05, 0.1) is 6.20 Å². The Kier molecular flexibility index (Phi) is 5.22. The van der Waals surface area contributed by atoms with Crippen molar-refractivity contribution in [3.63, 3.8) is 0 Å². The van der Waals surface area contributed by atoms with Gasteiger partial charge in [-0.3, -0.25) is 14.6 Å². The van der Waals surface area contributed by atoms with E-state index in [1.165, 1.54) is 18.6 Å². The Morgan fingerprint density at radius 1 is 1.35 bits per heavy atom. The van der Waals surface area contributed by atoms with Gasteiger partial charge in [-0.05, 0) is 12.8 Å². The summed E-state index contributed by atoms with van der Waals surface area (Å²) in [4.78, 5) is 29.7. The molecular formula is C11H15N3O3. The number of carboxylic acids is 1. The number of hydrogen-bond acceptors (Lipinski definition) is 5. The molecule has 0 radical (unpaired) electrons. The molecular weight excluding hydrogens is 222 g/mol. The number of carboxylic acid groups (broad SMARTS) is 1. The highest BCUT2D eigenvalue weighted by Gasteiger charge is 2.11. The number of Topliss-reactive ketones (excluding diaryl/α,β-unsaturated/α-hetero) is 1. The molecule has 1 atom stereocenters. The minimum atomic E-state index is -1.01. The minimum absolute atomic E-state index is 0.0815. The Morgan fingerprint density at radius 2 is 2.12 bits per heavy atom. The summed E-state index contributed by atoms with van der Waals surface area (Å²) < 4.78 is 0. The zero-order chi connectivity index (χ0) is 12.7. The summed E-state index contributed by atoms with van der Waals surface area (Å²) in [5.74, 6) is -1.09. The van der Waals surface area contributed by atoms with Crippen molar-refractivity contribution in [1.29, 1.82) is 0 Å². The van der Waals surface area contributed by atoms with Crippen molar-refractivity contribution < 1.29 is 14.7 Å². The Bertz CT molecular complexity index is 381. The maximum Gasteiger partial charge on any atom is 0.320 e. The van der Waals surface area contributed by atoms with Crippen molar-refractivity contribution in [2.75, 3.05) is 0 Å². The average molecular weight is 237 g/mol. The fourth-order valence-corrected chi connectivity index (χ4v) is 1.34. The topological polar surface area (TPSA) is 106 Å². The molecule has 0 saturated carbocycles. The first-order chi connectivity index (χ1) is 8.11. The summed E-state index contributed by atoms with van der Waals surface area (Å²) in [6.45, 7) is 0. The van der Waals surface area contributed by atoms with Crippen LogP contribution in [0.5, 0.6) is 0 Å². The summed E-state index contributed by atoms with van der Waals surface area (Å²) in [5, 5.41) is 8.56. The molecule has 0 unspecified atom stereocenters. The van der Waals surface area contributed by atoms with E-state index < -0.39 is 12.0 Å². The molecule has 0 aliphatic heterocycles. The van der Waals surface area contributed by atoms with E-state index in [2.05, 4.69) is 9.97 Å². The van der Waals surface area contributed by atoms with Gasteiger partial charge in [0.25, 0.3) is 0 Å². The Balaban J connectivity index is 2.24. The highest BCUT2D eigenvalue weighted by molar-refractivity contribution is 5.93. The largest absolute Gasteiger partial charge is 0.480 e. The van der Waals surface area contributed by atoms with Gasteiger partial charge in [0, 0.05) is 18.8 Å². The quantitative estimate of drug-likeness (QED) is 0.532. The number of nitrogens with two attached hydrogens (primary N) is 1. The standard InChI is InChI=1S/C11H15N3O3/c12-8(11(16)17)3-1-2-4-10(15)9-7-13-5-6-14-9/h5-8H,1-4,12H2,(H,16,17)/t8-/m0/s1. The molecule has 92 valence electrons. The van der Waals surface area contributed by atoms with Crippen LogP contribution < -0.4 is 5.73 Å². The Morgan fingerprint density at radius 3 is 2.71 bits per heavy atom. The lowest BCUT2D eigenvalue weighted by atomic mass is 10.1. The molecule has 0 saturated heterocycles. The fraction of sp³-hybridized carbons (Fsp3) is 0.455. The van der Waals surface area contributed by atoms with Crippen LogP contribution in [-0.2, 0) is 4.79 Å². The molecule has 1 rings (SSSR count). The fourth-order valence-electron chi connectivity index (χ4n) is 1.34. The predicted molar refractivity (Wildman–Crippen MR) is 60.4 cm³/mol. The van der Waals surface area contributed by atoms with E-state index >= 15 is 0 Å². The van der Waals surface area contributed by atoms with Crippen molar-refractivity contribution in [2.24, 2.45) is 5.73 Å². The number of carbonyl (C=O) groups excluding carboxylic acids is 1. The minimum Gasteiger partial charge on any atom is -0.480 e. The van der Waals surface area contributed by atoms with Crippen LogP contribution in [0.15, 0.2) is 18.6 Å². The highest BCUT2D eigenvalue weighted by Crippen LogP contribution is 2.06. The van der Waals surface area contributed by atoms with Gasteiger partial charge in [0.2, 0.25) is 0 Å². The Labute approximate surface area is 98.9 Å². The summed E-state index contributed by atoms with van der Waals surface area (Å²) in [5.41, 5.74) is 5.68. The molecule has 1 heterocycles. The van der Waals surface area contributed by atoms with Crippen molar-refractivity contribution in [3.05, 3.63) is 24.3 Å². The molecule has 0 aliphatic rings. The highest BCUT2D eigenvalue weighted by atomic mass is 16.4. The van der Waals surface area contributed by atoms with Gasteiger partial charge in [-0.25, -0.2) is 4.98 Å². The molecule has 6 nitrogen and oxygen atoms in total. The van der Waals surface area contributed by atoms with Gasteiger partial charge in [0.15, 0.2) is 5.78 Å². The number of ketones is 1. The summed E-state index contributed by atoms with van der Waals surface area (Å²) in [7, 11) is 0. The maximum atomic E-state index is 11.6. The second-order valence-electron chi connectivity index (χ2n) is 3.70. The normalized spacial score (nSPS) is 12.1. The molecule has 0 aromatic carbocycles. The van der Waals surface area contributed by atoms with Crippen molar-refractivity contribution in [2.45, 2.75) is 31.7 Å². The first-order valence-corrected chi connectivity index (χ1v) is 5.39. The third-order valence-electron chi connectivity index (χ3n) is 2.34. The van der Waals surface area contributed by atoms with E-state index in [9.17, 15) is 9.59 Å². The third-order valence-corrected chi connectivity index (χ3v) is 2.34. The smallest absolute Gasteiger partial charge is 0.320 e. The molecule has 0 fully saturated rings. The van der Waals surface area contributed by atoms with E-state index in [1.807, 2.05) is 0 Å². The lowest BCUT2D eigenvalue weighted by molar-refractivity contribution is -0.138. The monoisotopic (exact) mass is 237 g/mol. The zero-order valence-electron chi connectivity index (χ0n) is 9.37. The van der Waals surface area contributed by atoms with Crippen LogP contribution in [0.25, 0.3) is 0 Å². The zero-order valence-corrected chi connectivity index (χ0v) is 9.37. The molecule has 0 spiro atoms. The van der Waals surface area contributed by atoms with Crippen LogP contribution in [0.3, 0.4) is 0 Å². The molecule has 6 heteroatoms. The van der Waals surface area contributed by atoms with E-state index in [4.69, 9.17) is 10.8 Å². The van der Waals surface area contributed by atoms with Crippen LogP contribution in [0, 0.1) is 0 Å². The molecule has 3 N–H and O–H groups in total. The van der Waals surface area contributed by atoms with Crippen molar-refractivity contribution in [3.8, 4) is 0 Å². The van der Waals surface area contributed by atoms with Crippen LogP contribution in [0.2, 0.25) is 0 Å². The maximum absolute atomic E-state index is 11.6. The molecule has 0 amide bonds. The molecule has 1 aromatic rings. The van der Waals surface area contributed by atoms with Gasteiger partial charge in [-0.2, -0.15) is 0 Å². The van der Waals surface area contributed by atoms with Crippen molar-refractivity contribution in [1.82, 2.24) is 9.97 Å². The van der Waals surface area contributed by atoms with Gasteiger partial charge < -0.3 is 10.8 Å². The van der Waals surface area contributed by atoms with Gasteiger partial charge in [-0.1, -0.05) is 6.42 Å². The number of aliphatic carboxylic acids is 1. The second kappa shape index (κ2) is 6.70. The second-order valence-corrected chi connectivity index (χ2v) is 3.70. The Hall–Kier alpha value is -1.82. The van der Waals surface area contributed by atoms with E-state index in [0.29, 0.717) is 31.4 Å². The first kappa shape index (κ1) is 13.2.